The van der Waals surface area contributed by atoms with Crippen molar-refractivity contribution in [2.24, 2.45) is 0 Å². The number of anilines is 1. The van der Waals surface area contributed by atoms with Gasteiger partial charge in [-0.15, -0.1) is 0 Å². The Balaban J connectivity index is 2.48. The quantitative estimate of drug-likeness (QED) is 0.780. The molecule has 1 rings (SSSR count). The first-order valence-corrected chi connectivity index (χ1v) is 5.40. The number of aliphatic hydroxyl groups is 1. The molecule has 0 aliphatic rings. The maximum absolute atomic E-state index is 13.4. The van der Waals surface area contributed by atoms with Crippen molar-refractivity contribution in [3.05, 3.63) is 29.6 Å². The molecule has 90 valence electrons. The molecule has 1 aromatic carbocycles. The van der Waals surface area contributed by atoms with Gasteiger partial charge in [-0.2, -0.15) is 0 Å². The summed E-state index contributed by atoms with van der Waals surface area (Å²) in [4.78, 5) is 0. The van der Waals surface area contributed by atoms with E-state index in [0.717, 1.165) is 5.56 Å². The summed E-state index contributed by atoms with van der Waals surface area (Å²) in [6.07, 6.45) is -0.626. The lowest BCUT2D eigenvalue weighted by atomic mass is 10.2. The highest BCUT2D eigenvalue weighted by molar-refractivity contribution is 5.51. The third-order valence-corrected chi connectivity index (χ3v) is 2.25. The van der Waals surface area contributed by atoms with Gasteiger partial charge in [0, 0.05) is 13.2 Å². The maximum atomic E-state index is 13.4. The molecule has 0 aromatic heterocycles. The van der Waals surface area contributed by atoms with Crippen LogP contribution in [-0.4, -0.2) is 31.0 Å². The molecule has 4 heteroatoms. The molecule has 0 fully saturated rings. The number of rotatable bonds is 6. The predicted octanol–water partition coefficient (Wildman–Crippen LogP) is 1.94. The molecular weight excluding hydrogens is 209 g/mol. The number of nitrogens with one attached hydrogen (secondary N) is 1. The van der Waals surface area contributed by atoms with E-state index in [1.807, 2.05) is 19.9 Å². The predicted molar refractivity (Wildman–Crippen MR) is 62.1 cm³/mol. The van der Waals surface area contributed by atoms with Gasteiger partial charge in [0.05, 0.1) is 18.4 Å². The smallest absolute Gasteiger partial charge is 0.146 e. The third kappa shape index (κ3) is 3.79. The van der Waals surface area contributed by atoms with Crippen LogP contribution in [0.4, 0.5) is 10.1 Å². The van der Waals surface area contributed by atoms with Gasteiger partial charge in [0.15, 0.2) is 0 Å². The van der Waals surface area contributed by atoms with Crippen LogP contribution in [0.25, 0.3) is 0 Å². The number of aliphatic hydroxyl groups excluding tert-OH is 1. The summed E-state index contributed by atoms with van der Waals surface area (Å²) in [7, 11) is 0. The van der Waals surface area contributed by atoms with E-state index in [-0.39, 0.29) is 19.0 Å². The third-order valence-electron chi connectivity index (χ3n) is 2.25. The molecule has 3 nitrogen and oxygen atoms in total. The summed E-state index contributed by atoms with van der Waals surface area (Å²) >= 11 is 0. The SMILES string of the molecule is CCOCC(O)CNc1c(C)cccc1F. The molecule has 0 radical (unpaired) electrons. The standard InChI is InChI=1S/C12H18FNO2/c1-3-16-8-10(15)7-14-12-9(2)5-4-6-11(12)13/h4-6,10,14-15H,3,7-8H2,1-2H3. The minimum atomic E-state index is -0.626. The lowest BCUT2D eigenvalue weighted by Gasteiger charge is -2.14. The van der Waals surface area contributed by atoms with E-state index in [2.05, 4.69) is 5.32 Å². The molecule has 0 aliphatic carbocycles. The van der Waals surface area contributed by atoms with Crippen molar-refractivity contribution >= 4 is 5.69 Å². The average Bonchev–Trinajstić information content (AvgIpc) is 2.25. The zero-order valence-corrected chi connectivity index (χ0v) is 9.66. The summed E-state index contributed by atoms with van der Waals surface area (Å²) in [6, 6.07) is 4.87. The molecule has 1 aromatic rings. The van der Waals surface area contributed by atoms with E-state index in [1.54, 1.807) is 6.07 Å². The Kier molecular flexibility index (Phi) is 5.22. The molecular formula is C12H18FNO2. The summed E-state index contributed by atoms with van der Waals surface area (Å²) in [6.45, 7) is 4.79. The fourth-order valence-electron chi connectivity index (χ4n) is 1.39. The second kappa shape index (κ2) is 6.45. The van der Waals surface area contributed by atoms with Gasteiger partial charge in [0.2, 0.25) is 0 Å². The van der Waals surface area contributed by atoms with Crippen molar-refractivity contribution < 1.29 is 14.2 Å². The largest absolute Gasteiger partial charge is 0.389 e. The molecule has 0 spiro atoms. The fraction of sp³-hybridized carbons (Fsp3) is 0.500. The number of benzene rings is 1. The Hall–Kier alpha value is -1.13. The number of hydrogen-bond acceptors (Lipinski definition) is 3. The number of ether oxygens (including phenoxy) is 1. The topological polar surface area (TPSA) is 41.5 Å². The molecule has 0 aliphatic heterocycles. The first kappa shape index (κ1) is 12.9. The lowest BCUT2D eigenvalue weighted by molar-refractivity contribution is 0.0495. The van der Waals surface area contributed by atoms with Crippen molar-refractivity contribution in [1.82, 2.24) is 0 Å². The molecule has 0 amide bonds. The van der Waals surface area contributed by atoms with Crippen LogP contribution in [0.1, 0.15) is 12.5 Å². The van der Waals surface area contributed by atoms with Crippen LogP contribution in [0.2, 0.25) is 0 Å². The minimum absolute atomic E-state index is 0.261. The normalized spacial score (nSPS) is 12.5. The molecule has 1 atom stereocenters. The molecule has 0 bridgehead atoms. The molecule has 0 saturated carbocycles. The maximum Gasteiger partial charge on any atom is 0.146 e. The van der Waals surface area contributed by atoms with Crippen LogP contribution in [0.5, 0.6) is 0 Å². The molecule has 0 heterocycles. The fourth-order valence-corrected chi connectivity index (χ4v) is 1.39. The van der Waals surface area contributed by atoms with E-state index in [0.29, 0.717) is 12.3 Å². The average molecular weight is 227 g/mol. The van der Waals surface area contributed by atoms with Crippen LogP contribution in [0.15, 0.2) is 18.2 Å². The van der Waals surface area contributed by atoms with Crippen LogP contribution in [0.3, 0.4) is 0 Å². The van der Waals surface area contributed by atoms with E-state index in [1.165, 1.54) is 6.07 Å². The Labute approximate surface area is 95.2 Å². The number of halogens is 1. The zero-order chi connectivity index (χ0) is 12.0. The van der Waals surface area contributed by atoms with E-state index < -0.39 is 6.10 Å². The van der Waals surface area contributed by atoms with Crippen molar-refractivity contribution in [2.45, 2.75) is 20.0 Å². The minimum Gasteiger partial charge on any atom is -0.389 e. The molecule has 16 heavy (non-hydrogen) atoms. The monoisotopic (exact) mass is 227 g/mol. The summed E-state index contributed by atoms with van der Waals surface area (Å²) in [5, 5.41) is 12.4. The number of aryl methyl sites for hydroxylation is 1. The van der Waals surface area contributed by atoms with Gasteiger partial charge in [0.25, 0.3) is 0 Å². The van der Waals surface area contributed by atoms with Crippen molar-refractivity contribution in [3.8, 4) is 0 Å². The number of para-hydroxylation sites is 1. The molecule has 1 unspecified atom stereocenters. The summed E-state index contributed by atoms with van der Waals surface area (Å²) < 4.78 is 18.4. The second-order valence-corrected chi connectivity index (χ2v) is 3.63. The zero-order valence-electron chi connectivity index (χ0n) is 9.66. The van der Waals surface area contributed by atoms with Crippen LogP contribution >= 0.6 is 0 Å². The van der Waals surface area contributed by atoms with E-state index >= 15 is 0 Å². The van der Waals surface area contributed by atoms with Crippen molar-refractivity contribution in [2.75, 3.05) is 25.1 Å². The van der Waals surface area contributed by atoms with Gasteiger partial charge < -0.3 is 15.2 Å². The van der Waals surface area contributed by atoms with Gasteiger partial charge in [0.1, 0.15) is 5.82 Å². The van der Waals surface area contributed by atoms with E-state index in [9.17, 15) is 9.50 Å². The molecule has 2 N–H and O–H groups in total. The highest BCUT2D eigenvalue weighted by Crippen LogP contribution is 2.18. The van der Waals surface area contributed by atoms with Crippen LogP contribution in [-0.2, 0) is 4.74 Å². The van der Waals surface area contributed by atoms with Crippen molar-refractivity contribution in [3.63, 3.8) is 0 Å². The van der Waals surface area contributed by atoms with E-state index in [4.69, 9.17) is 4.74 Å². The lowest BCUT2D eigenvalue weighted by Crippen LogP contribution is -2.25. The summed E-state index contributed by atoms with van der Waals surface area (Å²) in [5.74, 6) is -0.302. The van der Waals surface area contributed by atoms with Crippen LogP contribution < -0.4 is 5.32 Å². The number of hydrogen-bond donors (Lipinski definition) is 2. The van der Waals surface area contributed by atoms with Gasteiger partial charge in [-0.05, 0) is 25.5 Å². The molecule has 0 saturated heterocycles. The van der Waals surface area contributed by atoms with Crippen LogP contribution in [0, 0.1) is 12.7 Å². The summed E-state index contributed by atoms with van der Waals surface area (Å²) in [5.41, 5.74) is 1.27. The highest BCUT2D eigenvalue weighted by atomic mass is 19.1. The van der Waals surface area contributed by atoms with Gasteiger partial charge in [-0.3, -0.25) is 0 Å². The second-order valence-electron chi connectivity index (χ2n) is 3.63. The Bertz CT molecular complexity index is 311. The van der Waals surface area contributed by atoms with Gasteiger partial charge in [-0.1, -0.05) is 12.1 Å². The van der Waals surface area contributed by atoms with Gasteiger partial charge in [-0.25, -0.2) is 4.39 Å². The Morgan fingerprint density at radius 3 is 2.88 bits per heavy atom. The Morgan fingerprint density at radius 1 is 1.50 bits per heavy atom. The van der Waals surface area contributed by atoms with Gasteiger partial charge >= 0.3 is 0 Å². The Morgan fingerprint density at radius 2 is 2.25 bits per heavy atom. The first-order valence-electron chi connectivity index (χ1n) is 5.40. The first-order chi connectivity index (χ1) is 7.65. The highest BCUT2D eigenvalue weighted by Gasteiger charge is 2.08. The van der Waals surface area contributed by atoms with Crippen molar-refractivity contribution in [1.29, 1.82) is 0 Å².